The molecule has 1 aliphatic heterocycles. The Morgan fingerprint density at radius 1 is 1.45 bits per heavy atom. The second-order valence-corrected chi connectivity index (χ2v) is 5.63. The molecule has 7 heteroatoms. The molecule has 3 amide bonds. The maximum Gasteiger partial charge on any atom is 0.244 e. The van der Waals surface area contributed by atoms with Crippen LogP contribution in [0.4, 0.5) is 10.1 Å². The van der Waals surface area contributed by atoms with Crippen molar-refractivity contribution in [3.8, 4) is 0 Å². The Bertz CT molecular complexity index is 564. The number of anilines is 1. The summed E-state index contributed by atoms with van der Waals surface area (Å²) in [6, 6.07) is 5.70. The van der Waals surface area contributed by atoms with Gasteiger partial charge in [-0.25, -0.2) is 4.39 Å². The summed E-state index contributed by atoms with van der Waals surface area (Å²) in [6.07, 6.45) is 0. The standard InChI is InChI=1S/C13H13FN2O3S/c1-8-13(19)16(12(18)7-20-8)6-11(17)15-10-5-3-2-4-9(10)14/h2-5,8H,6-7H2,1H3,(H,15,17)/t8-/m1/s1. The van der Waals surface area contributed by atoms with E-state index in [9.17, 15) is 18.8 Å². The molecule has 0 unspecified atom stereocenters. The van der Waals surface area contributed by atoms with E-state index in [1.807, 2.05) is 0 Å². The summed E-state index contributed by atoms with van der Waals surface area (Å²) in [5, 5.41) is 1.99. The predicted molar refractivity (Wildman–Crippen MR) is 73.7 cm³/mol. The highest BCUT2D eigenvalue weighted by molar-refractivity contribution is 8.01. The summed E-state index contributed by atoms with van der Waals surface area (Å²) >= 11 is 1.24. The second-order valence-electron chi connectivity index (χ2n) is 4.30. The van der Waals surface area contributed by atoms with E-state index in [0.717, 1.165) is 4.90 Å². The van der Waals surface area contributed by atoms with Crippen molar-refractivity contribution in [2.45, 2.75) is 12.2 Å². The number of carbonyl (C=O) groups is 3. The maximum absolute atomic E-state index is 13.4. The van der Waals surface area contributed by atoms with E-state index in [-0.39, 0.29) is 16.7 Å². The van der Waals surface area contributed by atoms with E-state index in [1.165, 1.54) is 30.0 Å². The van der Waals surface area contributed by atoms with Gasteiger partial charge in [0.25, 0.3) is 0 Å². The third kappa shape index (κ3) is 3.16. The minimum atomic E-state index is -0.601. The molecule has 5 nitrogen and oxygen atoms in total. The first-order chi connectivity index (χ1) is 9.49. The van der Waals surface area contributed by atoms with Crippen LogP contribution in [0.25, 0.3) is 0 Å². The lowest BCUT2D eigenvalue weighted by Gasteiger charge is -2.27. The highest BCUT2D eigenvalue weighted by Gasteiger charge is 2.33. The topological polar surface area (TPSA) is 66.5 Å². The molecule has 20 heavy (non-hydrogen) atoms. The molecule has 0 radical (unpaired) electrons. The van der Waals surface area contributed by atoms with Gasteiger partial charge in [-0.1, -0.05) is 12.1 Å². The third-order valence-electron chi connectivity index (χ3n) is 2.82. The van der Waals surface area contributed by atoms with Gasteiger partial charge in [-0.2, -0.15) is 0 Å². The number of amides is 3. The SMILES string of the molecule is C[C@H]1SCC(=O)N(CC(=O)Nc2ccccc2F)C1=O. The molecule has 1 saturated heterocycles. The Kier molecular flexibility index (Phi) is 4.39. The molecule has 1 aromatic rings. The molecule has 0 aromatic heterocycles. The van der Waals surface area contributed by atoms with Crippen molar-refractivity contribution in [3.05, 3.63) is 30.1 Å². The van der Waals surface area contributed by atoms with Crippen molar-refractivity contribution >= 4 is 35.2 Å². The highest BCUT2D eigenvalue weighted by atomic mass is 32.2. The fraction of sp³-hybridized carbons (Fsp3) is 0.308. The van der Waals surface area contributed by atoms with Crippen LogP contribution in [0.5, 0.6) is 0 Å². The normalized spacial score (nSPS) is 19.1. The van der Waals surface area contributed by atoms with Gasteiger partial charge < -0.3 is 5.32 Å². The van der Waals surface area contributed by atoms with E-state index in [4.69, 9.17) is 0 Å². The molecule has 0 bridgehead atoms. The van der Waals surface area contributed by atoms with Crippen LogP contribution >= 0.6 is 11.8 Å². The van der Waals surface area contributed by atoms with Gasteiger partial charge in [0.1, 0.15) is 12.4 Å². The summed E-state index contributed by atoms with van der Waals surface area (Å²) in [5.41, 5.74) is 0.0248. The zero-order valence-electron chi connectivity index (χ0n) is 10.8. The summed E-state index contributed by atoms with van der Waals surface area (Å²) < 4.78 is 13.4. The van der Waals surface area contributed by atoms with Crippen molar-refractivity contribution < 1.29 is 18.8 Å². The minimum absolute atomic E-state index is 0.0248. The monoisotopic (exact) mass is 296 g/mol. The van der Waals surface area contributed by atoms with Gasteiger partial charge >= 0.3 is 0 Å². The molecule has 0 saturated carbocycles. The lowest BCUT2D eigenvalue weighted by molar-refractivity contribution is -0.145. The summed E-state index contributed by atoms with van der Waals surface area (Å²) in [7, 11) is 0. The number of nitrogens with one attached hydrogen (secondary N) is 1. The second kappa shape index (κ2) is 6.04. The quantitative estimate of drug-likeness (QED) is 0.853. The zero-order valence-corrected chi connectivity index (χ0v) is 11.6. The van der Waals surface area contributed by atoms with Gasteiger partial charge in [-0.3, -0.25) is 19.3 Å². The van der Waals surface area contributed by atoms with Crippen LogP contribution in [0.3, 0.4) is 0 Å². The van der Waals surface area contributed by atoms with Crippen molar-refractivity contribution in [1.29, 1.82) is 0 Å². The van der Waals surface area contributed by atoms with Gasteiger partial charge in [0.05, 0.1) is 16.7 Å². The number of halogens is 1. The first-order valence-electron chi connectivity index (χ1n) is 5.99. The number of imide groups is 1. The molecule has 0 aliphatic carbocycles. The number of hydrogen-bond donors (Lipinski definition) is 1. The maximum atomic E-state index is 13.4. The summed E-state index contributed by atoms with van der Waals surface area (Å²) in [5.74, 6) is -1.80. The first-order valence-corrected chi connectivity index (χ1v) is 7.04. The zero-order chi connectivity index (χ0) is 14.7. The number of hydrogen-bond acceptors (Lipinski definition) is 4. The number of para-hydroxylation sites is 1. The fourth-order valence-corrected chi connectivity index (χ4v) is 2.57. The predicted octanol–water partition coefficient (Wildman–Crippen LogP) is 1.25. The van der Waals surface area contributed by atoms with Crippen LogP contribution in [-0.4, -0.2) is 40.2 Å². The largest absolute Gasteiger partial charge is 0.322 e. The number of carbonyl (C=O) groups excluding carboxylic acids is 3. The number of nitrogens with zero attached hydrogens (tertiary/aromatic N) is 1. The molecule has 106 valence electrons. The Morgan fingerprint density at radius 2 is 2.15 bits per heavy atom. The number of benzene rings is 1. The molecule has 1 aromatic carbocycles. The van der Waals surface area contributed by atoms with Crippen LogP contribution < -0.4 is 5.32 Å². The average molecular weight is 296 g/mol. The van der Waals surface area contributed by atoms with Gasteiger partial charge in [0.15, 0.2) is 0 Å². The van der Waals surface area contributed by atoms with E-state index in [2.05, 4.69) is 5.32 Å². The summed E-state index contributed by atoms with van der Waals surface area (Å²) in [6.45, 7) is 1.29. The molecule has 1 aliphatic rings. The van der Waals surface area contributed by atoms with Crippen LogP contribution in [0, 0.1) is 5.82 Å². The smallest absolute Gasteiger partial charge is 0.244 e. The molecule has 1 atom stereocenters. The van der Waals surface area contributed by atoms with E-state index < -0.39 is 30.1 Å². The fourth-order valence-electron chi connectivity index (χ4n) is 1.75. The van der Waals surface area contributed by atoms with E-state index >= 15 is 0 Å². The van der Waals surface area contributed by atoms with Crippen LogP contribution in [0.1, 0.15) is 6.92 Å². The molecular formula is C13H13FN2O3S. The van der Waals surface area contributed by atoms with Gasteiger partial charge in [-0.15, -0.1) is 11.8 Å². The van der Waals surface area contributed by atoms with Crippen LogP contribution in [0.15, 0.2) is 24.3 Å². The minimum Gasteiger partial charge on any atom is -0.322 e. The molecular weight excluding hydrogens is 283 g/mol. The Morgan fingerprint density at radius 3 is 2.85 bits per heavy atom. The van der Waals surface area contributed by atoms with Crippen LogP contribution in [0.2, 0.25) is 0 Å². The van der Waals surface area contributed by atoms with Gasteiger partial charge in [-0.05, 0) is 19.1 Å². The number of rotatable bonds is 3. The molecule has 1 N–H and O–H groups in total. The molecule has 1 heterocycles. The lowest BCUT2D eigenvalue weighted by atomic mass is 10.3. The molecule has 2 rings (SSSR count). The summed E-state index contributed by atoms with van der Waals surface area (Å²) in [4.78, 5) is 36.2. The molecule has 1 fully saturated rings. The van der Waals surface area contributed by atoms with E-state index in [0.29, 0.717) is 0 Å². The Labute approximate surface area is 119 Å². The third-order valence-corrected chi connectivity index (χ3v) is 3.94. The molecule has 0 spiro atoms. The van der Waals surface area contributed by atoms with E-state index in [1.54, 1.807) is 13.0 Å². The Balaban J connectivity index is 2.02. The van der Waals surface area contributed by atoms with Crippen molar-refractivity contribution in [1.82, 2.24) is 4.90 Å². The first kappa shape index (κ1) is 14.5. The van der Waals surface area contributed by atoms with Gasteiger partial charge in [0.2, 0.25) is 17.7 Å². The Hall–Kier alpha value is -1.89. The highest BCUT2D eigenvalue weighted by Crippen LogP contribution is 2.20. The lowest BCUT2D eigenvalue weighted by Crippen LogP contribution is -2.49. The van der Waals surface area contributed by atoms with Crippen molar-refractivity contribution in [2.24, 2.45) is 0 Å². The van der Waals surface area contributed by atoms with Gasteiger partial charge in [0, 0.05) is 0 Å². The van der Waals surface area contributed by atoms with Crippen molar-refractivity contribution in [2.75, 3.05) is 17.6 Å². The average Bonchev–Trinajstić information content (AvgIpc) is 2.42. The van der Waals surface area contributed by atoms with Crippen molar-refractivity contribution in [3.63, 3.8) is 0 Å². The number of thioether (sulfide) groups is 1. The van der Waals surface area contributed by atoms with Crippen LogP contribution in [-0.2, 0) is 14.4 Å².